The van der Waals surface area contributed by atoms with Gasteiger partial charge in [-0.2, -0.15) is 0 Å². The number of nitrogen functional groups attached to an aromatic ring is 1. The molecule has 3 N–H and O–H groups in total. The van der Waals surface area contributed by atoms with Crippen LogP contribution in [0.4, 0.5) is 5.69 Å². The van der Waals surface area contributed by atoms with Gasteiger partial charge in [0.05, 0.1) is 11.9 Å². The van der Waals surface area contributed by atoms with Gasteiger partial charge in [0.15, 0.2) is 0 Å². The highest BCUT2D eigenvalue weighted by Crippen LogP contribution is 2.26. The van der Waals surface area contributed by atoms with E-state index in [0.29, 0.717) is 5.92 Å². The van der Waals surface area contributed by atoms with Gasteiger partial charge in [0.1, 0.15) is 0 Å². The van der Waals surface area contributed by atoms with Gasteiger partial charge in [0, 0.05) is 12.2 Å². The Balaban J connectivity index is 0.000000980. The molecule has 2 rings (SSSR count). The maximum atomic E-state index is 5.88. The lowest BCUT2D eigenvalue weighted by Crippen LogP contribution is -2.09. The average molecular weight is 214 g/mol. The Morgan fingerprint density at radius 2 is 2.36 bits per heavy atom. The zero-order valence-corrected chi connectivity index (χ0v) is 9.10. The van der Waals surface area contributed by atoms with Crippen molar-refractivity contribution in [2.75, 3.05) is 18.8 Å². The molecule has 1 aromatic rings. The molecule has 1 aliphatic heterocycles. The third-order valence-corrected chi connectivity index (χ3v) is 2.61. The number of aryl methyl sites for hydroxylation is 1. The second-order valence-electron chi connectivity index (χ2n) is 3.64. The fourth-order valence-electron chi connectivity index (χ4n) is 1.87. The minimum atomic E-state index is 0. The first-order chi connectivity index (χ1) is 6.27. The summed E-state index contributed by atoms with van der Waals surface area (Å²) in [7, 11) is 0. The van der Waals surface area contributed by atoms with Crippen molar-refractivity contribution in [2.24, 2.45) is 0 Å². The van der Waals surface area contributed by atoms with Crippen molar-refractivity contribution in [3.8, 4) is 0 Å². The third-order valence-electron chi connectivity index (χ3n) is 2.61. The van der Waals surface area contributed by atoms with Gasteiger partial charge in [-0.3, -0.25) is 4.98 Å². The number of nitrogens with two attached hydrogens (primary N) is 1. The topological polar surface area (TPSA) is 50.9 Å². The maximum Gasteiger partial charge on any atom is 0.0536 e. The standard InChI is InChI=1S/C10H15N3.ClH/c1-7-4-9(10(11)6-13-7)8-2-3-12-5-8;/h4,6,8,12H,2-3,5,11H2,1H3;1H. The van der Waals surface area contributed by atoms with E-state index in [0.717, 1.165) is 24.5 Å². The van der Waals surface area contributed by atoms with Crippen LogP contribution >= 0.6 is 12.4 Å². The third kappa shape index (κ3) is 2.16. The van der Waals surface area contributed by atoms with Crippen LogP contribution in [0.3, 0.4) is 0 Å². The molecule has 0 spiro atoms. The molecular weight excluding hydrogens is 198 g/mol. The normalized spacial score (nSPS) is 20.5. The van der Waals surface area contributed by atoms with Crippen LogP contribution < -0.4 is 11.1 Å². The molecule has 1 aromatic heterocycles. The van der Waals surface area contributed by atoms with Gasteiger partial charge in [-0.15, -0.1) is 12.4 Å². The fourth-order valence-corrected chi connectivity index (χ4v) is 1.87. The molecule has 3 nitrogen and oxygen atoms in total. The summed E-state index contributed by atoms with van der Waals surface area (Å²) < 4.78 is 0. The van der Waals surface area contributed by atoms with Crippen LogP contribution in [0, 0.1) is 6.92 Å². The first-order valence-electron chi connectivity index (χ1n) is 4.70. The van der Waals surface area contributed by atoms with Crippen molar-refractivity contribution in [2.45, 2.75) is 19.3 Å². The predicted octanol–water partition coefficient (Wildman–Crippen LogP) is 1.47. The SMILES string of the molecule is Cc1cc(C2CCNC2)c(N)cn1.Cl. The van der Waals surface area contributed by atoms with E-state index in [4.69, 9.17) is 5.73 Å². The van der Waals surface area contributed by atoms with Crippen molar-refractivity contribution >= 4 is 18.1 Å². The van der Waals surface area contributed by atoms with Crippen LogP contribution in [0.15, 0.2) is 12.3 Å². The Morgan fingerprint density at radius 3 is 3.00 bits per heavy atom. The average Bonchev–Trinajstić information content (AvgIpc) is 2.61. The van der Waals surface area contributed by atoms with E-state index >= 15 is 0 Å². The molecule has 1 atom stereocenters. The molecule has 1 saturated heterocycles. The zero-order chi connectivity index (χ0) is 9.26. The lowest BCUT2D eigenvalue weighted by atomic mass is 9.97. The lowest BCUT2D eigenvalue weighted by Gasteiger charge is -2.11. The molecular formula is C10H16ClN3. The monoisotopic (exact) mass is 213 g/mol. The van der Waals surface area contributed by atoms with E-state index in [-0.39, 0.29) is 12.4 Å². The van der Waals surface area contributed by atoms with Crippen molar-refractivity contribution in [3.63, 3.8) is 0 Å². The maximum absolute atomic E-state index is 5.88. The molecule has 1 fully saturated rings. The Bertz CT molecular complexity index is 308. The van der Waals surface area contributed by atoms with Gasteiger partial charge in [-0.25, -0.2) is 0 Å². The van der Waals surface area contributed by atoms with Crippen LogP contribution in [-0.2, 0) is 0 Å². The molecule has 0 radical (unpaired) electrons. The lowest BCUT2D eigenvalue weighted by molar-refractivity contribution is 0.762. The van der Waals surface area contributed by atoms with Gasteiger partial charge in [0.2, 0.25) is 0 Å². The molecule has 78 valence electrons. The van der Waals surface area contributed by atoms with Crippen LogP contribution in [0.25, 0.3) is 0 Å². The number of aromatic nitrogens is 1. The van der Waals surface area contributed by atoms with Gasteiger partial charge in [-0.05, 0) is 37.4 Å². The first kappa shape index (κ1) is 11.3. The van der Waals surface area contributed by atoms with Gasteiger partial charge < -0.3 is 11.1 Å². The van der Waals surface area contributed by atoms with Crippen LogP contribution in [-0.4, -0.2) is 18.1 Å². The Labute approximate surface area is 90.5 Å². The second-order valence-corrected chi connectivity index (χ2v) is 3.64. The number of hydrogen-bond donors (Lipinski definition) is 2. The number of pyridine rings is 1. The second kappa shape index (κ2) is 4.62. The summed E-state index contributed by atoms with van der Waals surface area (Å²) in [6.07, 6.45) is 2.96. The minimum Gasteiger partial charge on any atom is -0.397 e. The van der Waals surface area contributed by atoms with E-state index < -0.39 is 0 Å². The van der Waals surface area contributed by atoms with E-state index in [9.17, 15) is 0 Å². The molecule has 0 bridgehead atoms. The highest BCUT2D eigenvalue weighted by Gasteiger charge is 2.18. The highest BCUT2D eigenvalue weighted by molar-refractivity contribution is 5.85. The zero-order valence-electron chi connectivity index (χ0n) is 8.29. The van der Waals surface area contributed by atoms with Crippen LogP contribution in [0.1, 0.15) is 23.6 Å². The Hall–Kier alpha value is -0.800. The quantitative estimate of drug-likeness (QED) is 0.743. The summed E-state index contributed by atoms with van der Waals surface area (Å²) in [5.74, 6) is 0.585. The molecule has 1 unspecified atom stereocenters. The minimum absolute atomic E-state index is 0. The highest BCUT2D eigenvalue weighted by atomic mass is 35.5. The fraction of sp³-hybridized carbons (Fsp3) is 0.500. The van der Waals surface area contributed by atoms with Crippen molar-refractivity contribution in [1.29, 1.82) is 0 Å². The molecule has 0 aromatic carbocycles. The number of nitrogens with zero attached hydrogens (tertiary/aromatic N) is 1. The van der Waals surface area contributed by atoms with Crippen molar-refractivity contribution in [3.05, 3.63) is 23.5 Å². The summed E-state index contributed by atoms with van der Waals surface area (Å²) in [6.45, 7) is 4.16. The predicted molar refractivity (Wildman–Crippen MR) is 60.9 cm³/mol. The van der Waals surface area contributed by atoms with Crippen LogP contribution in [0.2, 0.25) is 0 Å². The van der Waals surface area contributed by atoms with E-state index in [1.807, 2.05) is 6.92 Å². The molecule has 0 aliphatic carbocycles. The van der Waals surface area contributed by atoms with Gasteiger partial charge in [-0.1, -0.05) is 0 Å². The molecule has 0 amide bonds. The largest absolute Gasteiger partial charge is 0.397 e. The van der Waals surface area contributed by atoms with Gasteiger partial charge in [0.25, 0.3) is 0 Å². The smallest absolute Gasteiger partial charge is 0.0536 e. The number of hydrogen-bond acceptors (Lipinski definition) is 3. The molecule has 2 heterocycles. The van der Waals surface area contributed by atoms with Crippen LogP contribution in [0.5, 0.6) is 0 Å². The summed E-state index contributed by atoms with van der Waals surface area (Å²) in [5, 5.41) is 3.34. The number of rotatable bonds is 1. The van der Waals surface area contributed by atoms with Crippen molar-refractivity contribution in [1.82, 2.24) is 10.3 Å². The number of halogens is 1. The summed E-state index contributed by atoms with van der Waals surface area (Å²) in [5.41, 5.74) is 9.03. The van der Waals surface area contributed by atoms with E-state index in [1.165, 1.54) is 12.0 Å². The Kier molecular flexibility index (Phi) is 3.72. The first-order valence-corrected chi connectivity index (χ1v) is 4.70. The number of nitrogens with one attached hydrogen (secondary N) is 1. The summed E-state index contributed by atoms with van der Waals surface area (Å²) in [6, 6.07) is 2.10. The molecule has 0 saturated carbocycles. The van der Waals surface area contributed by atoms with E-state index in [2.05, 4.69) is 16.4 Å². The summed E-state index contributed by atoms with van der Waals surface area (Å²) in [4.78, 5) is 4.17. The molecule has 14 heavy (non-hydrogen) atoms. The Morgan fingerprint density at radius 1 is 1.57 bits per heavy atom. The summed E-state index contributed by atoms with van der Waals surface area (Å²) >= 11 is 0. The molecule has 1 aliphatic rings. The van der Waals surface area contributed by atoms with E-state index in [1.54, 1.807) is 6.20 Å². The number of anilines is 1. The van der Waals surface area contributed by atoms with Gasteiger partial charge >= 0.3 is 0 Å². The molecule has 4 heteroatoms. The van der Waals surface area contributed by atoms with Crippen molar-refractivity contribution < 1.29 is 0 Å².